The van der Waals surface area contributed by atoms with Gasteiger partial charge in [-0.3, -0.25) is 0 Å². The van der Waals surface area contributed by atoms with Crippen molar-refractivity contribution < 1.29 is 9.53 Å². The first-order valence-electron chi connectivity index (χ1n) is 3.88. The largest absolute Gasteiger partial charge is 0.464 e. The Morgan fingerprint density at radius 1 is 1.71 bits per heavy atom. The van der Waals surface area contributed by atoms with Crippen molar-refractivity contribution in [3.05, 3.63) is 35.7 Å². The average molecular weight is 188 g/mol. The topological polar surface area (TPSA) is 63.0 Å². The van der Waals surface area contributed by atoms with Gasteiger partial charge in [-0.2, -0.15) is 5.26 Å². The van der Waals surface area contributed by atoms with Crippen molar-refractivity contribution in [3.63, 3.8) is 0 Å². The number of esters is 1. The molecule has 0 amide bonds. The summed E-state index contributed by atoms with van der Waals surface area (Å²) in [7, 11) is 1.29. The molecule has 0 saturated heterocycles. The van der Waals surface area contributed by atoms with Crippen LogP contribution in [0.2, 0.25) is 0 Å². The zero-order valence-electron chi connectivity index (χ0n) is 7.60. The minimum atomic E-state index is -0.489. The number of nitriles is 1. The number of ether oxygens (including phenoxy) is 1. The summed E-state index contributed by atoms with van der Waals surface area (Å²) in [5, 5.41) is 8.31. The van der Waals surface area contributed by atoms with E-state index >= 15 is 0 Å². The summed E-state index contributed by atoms with van der Waals surface area (Å²) in [4.78, 5) is 14.9. The van der Waals surface area contributed by atoms with Crippen molar-refractivity contribution in [1.82, 2.24) is 4.98 Å². The molecule has 0 aliphatic carbocycles. The number of methoxy groups -OCH3 is 1. The van der Waals surface area contributed by atoms with E-state index in [1.807, 2.05) is 6.07 Å². The molecule has 0 fully saturated rings. The summed E-state index contributed by atoms with van der Waals surface area (Å²) >= 11 is 0. The van der Waals surface area contributed by atoms with Crippen molar-refractivity contribution in [2.24, 2.45) is 0 Å². The number of nitrogens with zero attached hydrogens (tertiary/aromatic N) is 2. The summed E-state index contributed by atoms with van der Waals surface area (Å²) in [6.07, 6.45) is 4.41. The second kappa shape index (κ2) is 4.77. The molecule has 14 heavy (non-hydrogen) atoms. The van der Waals surface area contributed by atoms with Crippen LogP contribution in [-0.2, 0) is 4.74 Å². The minimum absolute atomic E-state index is 0.229. The average Bonchev–Trinajstić information content (AvgIpc) is 2.25. The van der Waals surface area contributed by atoms with Gasteiger partial charge in [0.1, 0.15) is 5.69 Å². The fraction of sp³-hybridized carbons (Fsp3) is 0.100. The molecule has 0 aliphatic heterocycles. The number of carbonyl (C=O) groups excluding carboxylic acids is 1. The molecule has 1 heterocycles. The van der Waals surface area contributed by atoms with Crippen LogP contribution in [0.4, 0.5) is 0 Å². The Bertz CT molecular complexity index is 405. The van der Waals surface area contributed by atoms with Crippen LogP contribution in [0.15, 0.2) is 24.4 Å². The van der Waals surface area contributed by atoms with Gasteiger partial charge in [0.05, 0.1) is 13.2 Å². The number of pyridine rings is 1. The number of aromatic nitrogens is 1. The van der Waals surface area contributed by atoms with Gasteiger partial charge in [0.15, 0.2) is 0 Å². The van der Waals surface area contributed by atoms with E-state index in [0.29, 0.717) is 0 Å². The van der Waals surface area contributed by atoms with E-state index in [-0.39, 0.29) is 5.69 Å². The van der Waals surface area contributed by atoms with Gasteiger partial charge in [-0.05, 0) is 23.8 Å². The number of carbonyl (C=O) groups is 1. The smallest absolute Gasteiger partial charge is 0.356 e. The summed E-state index contributed by atoms with van der Waals surface area (Å²) < 4.78 is 4.51. The first-order valence-corrected chi connectivity index (χ1v) is 3.88. The zero-order valence-corrected chi connectivity index (χ0v) is 7.60. The van der Waals surface area contributed by atoms with Gasteiger partial charge in [-0.1, -0.05) is 0 Å². The standard InChI is InChI=1S/C10H8N2O2/c1-14-10(13)9-7-8(3-2-5-11)4-6-12-9/h2-4,6-7H,1H3. The Morgan fingerprint density at radius 3 is 3.14 bits per heavy atom. The molecule has 1 rings (SSSR count). The highest BCUT2D eigenvalue weighted by Gasteiger charge is 2.05. The van der Waals surface area contributed by atoms with Gasteiger partial charge < -0.3 is 4.74 Å². The Kier molecular flexibility index (Phi) is 3.39. The Morgan fingerprint density at radius 2 is 2.50 bits per heavy atom. The Labute approximate surface area is 81.5 Å². The van der Waals surface area contributed by atoms with Crippen LogP contribution >= 0.6 is 0 Å². The van der Waals surface area contributed by atoms with Crippen LogP contribution in [0.25, 0.3) is 6.08 Å². The van der Waals surface area contributed by atoms with Crippen LogP contribution in [0.1, 0.15) is 16.1 Å². The lowest BCUT2D eigenvalue weighted by Gasteiger charge is -1.98. The van der Waals surface area contributed by atoms with E-state index in [4.69, 9.17) is 5.26 Å². The second-order valence-corrected chi connectivity index (χ2v) is 2.43. The normalized spacial score (nSPS) is 9.71. The van der Waals surface area contributed by atoms with Gasteiger partial charge >= 0.3 is 5.97 Å². The predicted molar refractivity (Wildman–Crippen MR) is 50.2 cm³/mol. The number of hydrogen-bond donors (Lipinski definition) is 0. The minimum Gasteiger partial charge on any atom is -0.464 e. The van der Waals surface area contributed by atoms with E-state index in [0.717, 1.165) is 5.56 Å². The molecule has 0 bridgehead atoms. The molecule has 4 nitrogen and oxygen atoms in total. The van der Waals surface area contributed by atoms with Crippen molar-refractivity contribution in [3.8, 4) is 6.07 Å². The first kappa shape index (κ1) is 9.93. The predicted octanol–water partition coefficient (Wildman–Crippen LogP) is 1.40. The first-order chi connectivity index (χ1) is 6.77. The lowest BCUT2D eigenvalue weighted by Crippen LogP contribution is -2.03. The number of allylic oxidation sites excluding steroid dienone is 1. The van der Waals surface area contributed by atoms with Crippen molar-refractivity contribution >= 4 is 12.0 Å². The molecule has 0 N–H and O–H groups in total. The molecule has 1 aromatic rings. The maximum atomic E-state index is 11.1. The molecule has 0 aliphatic rings. The van der Waals surface area contributed by atoms with E-state index in [9.17, 15) is 4.79 Å². The monoisotopic (exact) mass is 188 g/mol. The summed E-state index contributed by atoms with van der Waals surface area (Å²) in [6.45, 7) is 0. The summed E-state index contributed by atoms with van der Waals surface area (Å²) in [6, 6.07) is 5.11. The SMILES string of the molecule is COC(=O)c1cc(C=CC#N)ccn1. The lowest BCUT2D eigenvalue weighted by molar-refractivity contribution is 0.0594. The van der Waals surface area contributed by atoms with Crippen molar-refractivity contribution in [2.45, 2.75) is 0 Å². The van der Waals surface area contributed by atoms with Gasteiger partial charge in [0.25, 0.3) is 0 Å². The van der Waals surface area contributed by atoms with Crippen LogP contribution in [0, 0.1) is 11.3 Å². The molecular formula is C10H8N2O2. The van der Waals surface area contributed by atoms with Crippen LogP contribution < -0.4 is 0 Å². The van der Waals surface area contributed by atoms with Gasteiger partial charge in [-0.15, -0.1) is 0 Å². The third-order valence-electron chi connectivity index (χ3n) is 1.53. The van der Waals surface area contributed by atoms with E-state index in [2.05, 4.69) is 9.72 Å². The molecule has 0 spiro atoms. The molecule has 1 aromatic heterocycles. The zero-order chi connectivity index (χ0) is 10.4. The quantitative estimate of drug-likeness (QED) is 0.520. The van der Waals surface area contributed by atoms with Crippen LogP contribution in [0.3, 0.4) is 0 Å². The van der Waals surface area contributed by atoms with E-state index in [1.165, 1.54) is 19.4 Å². The lowest BCUT2D eigenvalue weighted by atomic mass is 10.2. The fourth-order valence-corrected chi connectivity index (χ4v) is 0.900. The van der Waals surface area contributed by atoms with Gasteiger partial charge in [0.2, 0.25) is 0 Å². The van der Waals surface area contributed by atoms with Crippen LogP contribution in [-0.4, -0.2) is 18.1 Å². The van der Waals surface area contributed by atoms with Gasteiger partial charge in [0, 0.05) is 12.3 Å². The summed E-state index contributed by atoms with van der Waals surface area (Å²) in [5.74, 6) is -0.489. The number of rotatable bonds is 2. The molecule has 70 valence electrons. The maximum absolute atomic E-state index is 11.1. The molecule has 0 aromatic carbocycles. The van der Waals surface area contributed by atoms with E-state index < -0.39 is 5.97 Å². The number of hydrogen-bond acceptors (Lipinski definition) is 4. The molecular weight excluding hydrogens is 180 g/mol. The highest BCUT2D eigenvalue weighted by Crippen LogP contribution is 2.04. The molecule has 0 saturated carbocycles. The molecule has 0 atom stereocenters. The molecule has 0 unspecified atom stereocenters. The Hall–Kier alpha value is -2.15. The fourth-order valence-electron chi connectivity index (χ4n) is 0.900. The van der Waals surface area contributed by atoms with E-state index in [1.54, 1.807) is 18.2 Å². The van der Waals surface area contributed by atoms with Gasteiger partial charge in [-0.25, -0.2) is 9.78 Å². The third-order valence-corrected chi connectivity index (χ3v) is 1.53. The third kappa shape index (κ3) is 2.42. The molecule has 0 radical (unpaired) electrons. The van der Waals surface area contributed by atoms with Crippen molar-refractivity contribution in [2.75, 3.05) is 7.11 Å². The molecule has 4 heteroatoms. The Balaban J connectivity index is 2.96. The maximum Gasteiger partial charge on any atom is 0.356 e. The second-order valence-electron chi connectivity index (χ2n) is 2.43. The van der Waals surface area contributed by atoms with Crippen molar-refractivity contribution in [1.29, 1.82) is 5.26 Å². The highest BCUT2D eigenvalue weighted by atomic mass is 16.5. The summed E-state index contributed by atoms with van der Waals surface area (Å²) in [5.41, 5.74) is 0.967. The van der Waals surface area contributed by atoms with Crippen LogP contribution in [0.5, 0.6) is 0 Å². The highest BCUT2D eigenvalue weighted by molar-refractivity contribution is 5.87.